The minimum atomic E-state index is -3.95. The fourth-order valence-electron chi connectivity index (χ4n) is 1.98. The topological polar surface area (TPSA) is 102 Å². The predicted octanol–water partition coefficient (Wildman–Crippen LogP) is 2.41. The summed E-state index contributed by atoms with van der Waals surface area (Å²) < 4.78 is 27.0. The standard InChI is InChI=1S/C15H11BrN4O3S2/c16-11-3-1-2-4-13(11)25(22,23)20-14(21)7-10-9-24-15(19-10)12-8-17-5-6-18-12/h1-6,8-9H,7H2,(H,20,21). The normalized spacial score (nSPS) is 11.2. The Hall–Kier alpha value is -2.17. The SMILES string of the molecule is O=C(Cc1csc(-c2cnccn2)n1)NS(=O)(=O)c1ccccc1Br. The molecule has 0 radical (unpaired) electrons. The lowest BCUT2D eigenvalue weighted by Gasteiger charge is -2.07. The molecule has 128 valence electrons. The molecule has 0 bridgehead atoms. The molecule has 0 aliphatic carbocycles. The number of carbonyl (C=O) groups excluding carboxylic acids is 1. The molecular weight excluding hydrogens is 428 g/mol. The Morgan fingerprint density at radius 1 is 1.24 bits per heavy atom. The maximum absolute atomic E-state index is 12.3. The molecule has 0 unspecified atom stereocenters. The zero-order valence-electron chi connectivity index (χ0n) is 12.6. The Morgan fingerprint density at radius 3 is 2.76 bits per heavy atom. The van der Waals surface area contributed by atoms with Crippen LogP contribution < -0.4 is 4.72 Å². The van der Waals surface area contributed by atoms with Gasteiger partial charge in [-0.1, -0.05) is 12.1 Å². The number of halogens is 1. The van der Waals surface area contributed by atoms with Crippen molar-refractivity contribution in [3.63, 3.8) is 0 Å². The van der Waals surface area contributed by atoms with Gasteiger partial charge in [-0.3, -0.25) is 14.8 Å². The number of carbonyl (C=O) groups is 1. The Labute approximate surface area is 156 Å². The smallest absolute Gasteiger partial charge is 0.265 e. The van der Waals surface area contributed by atoms with Crippen LogP contribution in [0, 0.1) is 0 Å². The number of amides is 1. The van der Waals surface area contributed by atoms with Crippen LogP contribution in [0.3, 0.4) is 0 Å². The van der Waals surface area contributed by atoms with Crippen LogP contribution in [0.5, 0.6) is 0 Å². The molecule has 0 fully saturated rings. The fourth-order valence-corrected chi connectivity index (χ4v) is 4.75. The molecule has 1 aromatic carbocycles. The van der Waals surface area contributed by atoms with Gasteiger partial charge in [0.1, 0.15) is 15.6 Å². The van der Waals surface area contributed by atoms with Gasteiger partial charge in [0.25, 0.3) is 10.0 Å². The molecule has 2 aromatic heterocycles. The van der Waals surface area contributed by atoms with Crippen molar-refractivity contribution in [1.29, 1.82) is 0 Å². The van der Waals surface area contributed by atoms with Crippen LogP contribution >= 0.6 is 27.3 Å². The lowest BCUT2D eigenvalue weighted by atomic mass is 10.3. The van der Waals surface area contributed by atoms with E-state index in [9.17, 15) is 13.2 Å². The second-order valence-electron chi connectivity index (χ2n) is 4.87. The van der Waals surface area contributed by atoms with Crippen LogP contribution in [0.1, 0.15) is 5.69 Å². The van der Waals surface area contributed by atoms with Crippen molar-refractivity contribution in [2.75, 3.05) is 0 Å². The van der Waals surface area contributed by atoms with Crippen LogP contribution in [-0.4, -0.2) is 29.3 Å². The van der Waals surface area contributed by atoms with Crippen molar-refractivity contribution in [3.05, 3.63) is 58.4 Å². The lowest BCUT2D eigenvalue weighted by Crippen LogP contribution is -2.32. The van der Waals surface area contributed by atoms with Crippen LogP contribution in [-0.2, 0) is 21.2 Å². The zero-order valence-corrected chi connectivity index (χ0v) is 15.8. The third-order valence-electron chi connectivity index (χ3n) is 3.05. The Balaban J connectivity index is 1.71. The van der Waals surface area contributed by atoms with Crippen LogP contribution in [0.2, 0.25) is 0 Å². The number of nitrogens with zero attached hydrogens (tertiary/aromatic N) is 3. The van der Waals surface area contributed by atoms with E-state index in [0.717, 1.165) is 0 Å². The third kappa shape index (κ3) is 4.27. The van der Waals surface area contributed by atoms with Gasteiger partial charge >= 0.3 is 0 Å². The summed E-state index contributed by atoms with van der Waals surface area (Å²) in [6.45, 7) is 0. The van der Waals surface area contributed by atoms with Gasteiger partial charge in [-0.15, -0.1) is 11.3 Å². The van der Waals surface area contributed by atoms with Gasteiger partial charge in [0.15, 0.2) is 0 Å². The molecule has 0 spiro atoms. The van der Waals surface area contributed by atoms with Crippen molar-refractivity contribution in [2.45, 2.75) is 11.3 Å². The van der Waals surface area contributed by atoms with E-state index >= 15 is 0 Å². The number of hydrogen-bond acceptors (Lipinski definition) is 7. The van der Waals surface area contributed by atoms with Crippen LogP contribution in [0.15, 0.2) is 57.6 Å². The van der Waals surface area contributed by atoms with Gasteiger partial charge in [0, 0.05) is 22.2 Å². The van der Waals surface area contributed by atoms with E-state index in [1.807, 2.05) is 0 Å². The molecule has 10 heteroatoms. The summed E-state index contributed by atoms with van der Waals surface area (Å²) in [4.78, 5) is 24.5. The first kappa shape index (κ1) is 17.6. The Morgan fingerprint density at radius 2 is 2.04 bits per heavy atom. The van der Waals surface area contributed by atoms with E-state index in [4.69, 9.17) is 0 Å². The first-order valence-electron chi connectivity index (χ1n) is 6.97. The molecule has 2 heterocycles. The molecule has 3 aromatic rings. The molecule has 7 nitrogen and oxygen atoms in total. The van der Waals surface area contributed by atoms with E-state index in [1.54, 1.807) is 42.2 Å². The summed E-state index contributed by atoms with van der Waals surface area (Å²) in [5, 5.41) is 2.30. The lowest BCUT2D eigenvalue weighted by molar-refractivity contribution is -0.118. The van der Waals surface area contributed by atoms with Gasteiger partial charge in [0.2, 0.25) is 5.91 Å². The van der Waals surface area contributed by atoms with E-state index in [-0.39, 0.29) is 11.3 Å². The number of sulfonamides is 1. The highest BCUT2D eigenvalue weighted by atomic mass is 79.9. The molecule has 0 aliphatic rings. The zero-order chi connectivity index (χ0) is 17.9. The number of benzene rings is 1. The average Bonchev–Trinajstić information content (AvgIpc) is 3.03. The molecule has 0 atom stereocenters. The third-order valence-corrected chi connectivity index (χ3v) is 6.35. The molecule has 3 rings (SSSR count). The van der Waals surface area contributed by atoms with Crippen molar-refractivity contribution < 1.29 is 13.2 Å². The Kier molecular flexibility index (Phi) is 5.21. The molecule has 1 N–H and O–H groups in total. The van der Waals surface area contributed by atoms with E-state index < -0.39 is 15.9 Å². The highest BCUT2D eigenvalue weighted by Crippen LogP contribution is 2.22. The summed E-state index contributed by atoms with van der Waals surface area (Å²) in [7, 11) is -3.95. The number of aromatic nitrogens is 3. The highest BCUT2D eigenvalue weighted by molar-refractivity contribution is 9.10. The number of rotatable bonds is 5. The van der Waals surface area contributed by atoms with E-state index in [0.29, 0.717) is 20.9 Å². The fraction of sp³-hybridized carbons (Fsp3) is 0.0667. The monoisotopic (exact) mass is 438 g/mol. The minimum Gasteiger partial charge on any atom is -0.274 e. The maximum atomic E-state index is 12.3. The molecular formula is C15H11BrN4O3S2. The summed E-state index contributed by atoms with van der Waals surface area (Å²) >= 11 is 4.47. The van der Waals surface area contributed by atoms with Gasteiger partial charge in [-0.25, -0.2) is 18.1 Å². The van der Waals surface area contributed by atoms with Crippen LogP contribution in [0.4, 0.5) is 0 Å². The van der Waals surface area contributed by atoms with Crippen molar-refractivity contribution in [1.82, 2.24) is 19.7 Å². The van der Waals surface area contributed by atoms with E-state index in [1.165, 1.54) is 17.4 Å². The number of nitrogens with one attached hydrogen (secondary N) is 1. The molecule has 1 amide bonds. The summed E-state index contributed by atoms with van der Waals surface area (Å²) in [6.07, 6.45) is 4.52. The average molecular weight is 439 g/mol. The van der Waals surface area contributed by atoms with Gasteiger partial charge in [-0.05, 0) is 28.1 Å². The largest absolute Gasteiger partial charge is 0.274 e. The van der Waals surface area contributed by atoms with Gasteiger partial charge < -0.3 is 0 Å². The molecule has 25 heavy (non-hydrogen) atoms. The Bertz CT molecular complexity index is 1010. The number of thiazole rings is 1. The quantitative estimate of drug-likeness (QED) is 0.655. The molecule has 0 aliphatic heterocycles. The molecule has 0 saturated carbocycles. The predicted molar refractivity (Wildman–Crippen MR) is 96.3 cm³/mol. The first-order valence-corrected chi connectivity index (χ1v) is 10.1. The van der Waals surface area contributed by atoms with E-state index in [2.05, 4.69) is 35.6 Å². The number of hydrogen-bond donors (Lipinski definition) is 1. The van der Waals surface area contributed by atoms with Gasteiger partial charge in [0.05, 0.1) is 18.3 Å². The second-order valence-corrected chi connectivity index (χ2v) is 8.23. The summed E-state index contributed by atoms with van der Waals surface area (Å²) in [5.74, 6) is -0.660. The van der Waals surface area contributed by atoms with Crippen molar-refractivity contribution in [3.8, 4) is 10.7 Å². The van der Waals surface area contributed by atoms with Crippen molar-refractivity contribution >= 4 is 43.2 Å². The van der Waals surface area contributed by atoms with Crippen LogP contribution in [0.25, 0.3) is 10.7 Å². The van der Waals surface area contributed by atoms with Crippen molar-refractivity contribution in [2.24, 2.45) is 0 Å². The first-order chi connectivity index (χ1) is 12.0. The second kappa shape index (κ2) is 7.38. The van der Waals surface area contributed by atoms with Gasteiger partial charge in [-0.2, -0.15) is 0 Å². The summed E-state index contributed by atoms with van der Waals surface area (Å²) in [5.41, 5.74) is 1.06. The summed E-state index contributed by atoms with van der Waals surface area (Å²) in [6, 6.07) is 6.27. The maximum Gasteiger partial charge on any atom is 0.265 e. The molecule has 0 saturated heterocycles. The highest BCUT2D eigenvalue weighted by Gasteiger charge is 2.21. The minimum absolute atomic E-state index is 0.00174.